The van der Waals surface area contributed by atoms with Gasteiger partial charge in [-0.1, -0.05) is 13.8 Å². The molecule has 0 heterocycles. The summed E-state index contributed by atoms with van der Waals surface area (Å²) in [6.45, 7) is 7.46. The lowest BCUT2D eigenvalue weighted by Crippen LogP contribution is -2.39. The molecule has 0 saturated carbocycles. The predicted molar refractivity (Wildman–Crippen MR) is 76.9 cm³/mol. The van der Waals surface area contributed by atoms with Gasteiger partial charge in [0.2, 0.25) is 0 Å². The molecule has 0 radical (unpaired) electrons. The van der Waals surface area contributed by atoms with Crippen LogP contribution in [0.4, 0.5) is 18.9 Å². The Hall–Kier alpha value is -1.74. The maximum atomic E-state index is 12.7. The minimum Gasteiger partial charge on any atom is -0.370 e. The van der Waals surface area contributed by atoms with Gasteiger partial charge < -0.3 is 10.6 Å². The highest BCUT2D eigenvalue weighted by Crippen LogP contribution is 2.33. The summed E-state index contributed by atoms with van der Waals surface area (Å²) in [5.41, 5.74) is 5.24. The molecule has 6 heteroatoms. The van der Waals surface area contributed by atoms with Crippen molar-refractivity contribution in [2.24, 2.45) is 11.1 Å². The number of anilines is 1. The van der Waals surface area contributed by atoms with E-state index in [-0.39, 0.29) is 11.0 Å². The Morgan fingerprint density at radius 1 is 1.29 bits per heavy atom. The van der Waals surface area contributed by atoms with Crippen LogP contribution in [0.15, 0.2) is 18.2 Å². The average Bonchev–Trinajstić information content (AvgIpc) is 2.43. The minimum atomic E-state index is -4.45. The molecule has 0 fully saturated rings. The summed E-state index contributed by atoms with van der Waals surface area (Å²) in [7, 11) is 0. The molecule has 1 aromatic rings. The third-order valence-electron chi connectivity index (χ3n) is 3.34. The van der Waals surface area contributed by atoms with Crippen molar-refractivity contribution in [1.82, 2.24) is 0 Å². The summed E-state index contributed by atoms with van der Waals surface area (Å²) in [5, 5.41) is 9.14. The lowest BCUT2D eigenvalue weighted by Gasteiger charge is -2.33. The quantitative estimate of drug-likeness (QED) is 0.906. The van der Waals surface area contributed by atoms with E-state index >= 15 is 0 Å². The maximum Gasteiger partial charge on any atom is 0.416 e. The van der Waals surface area contributed by atoms with Gasteiger partial charge in [0.15, 0.2) is 0 Å². The van der Waals surface area contributed by atoms with Gasteiger partial charge in [-0.3, -0.25) is 0 Å². The number of nitriles is 1. The van der Waals surface area contributed by atoms with Gasteiger partial charge in [0.1, 0.15) is 6.07 Å². The van der Waals surface area contributed by atoms with E-state index in [1.165, 1.54) is 6.07 Å². The zero-order chi connectivity index (χ0) is 16.3. The minimum absolute atomic E-state index is 0.0273. The second-order valence-corrected chi connectivity index (χ2v) is 5.72. The van der Waals surface area contributed by atoms with Crippen LogP contribution in [0.2, 0.25) is 0 Å². The zero-order valence-electron chi connectivity index (χ0n) is 12.5. The first-order valence-electron chi connectivity index (χ1n) is 6.71. The molecule has 1 aromatic carbocycles. The van der Waals surface area contributed by atoms with Crippen LogP contribution in [-0.2, 0) is 6.18 Å². The van der Waals surface area contributed by atoms with E-state index in [4.69, 9.17) is 11.0 Å². The number of nitrogens with zero attached hydrogens (tertiary/aromatic N) is 2. The van der Waals surface area contributed by atoms with Crippen molar-refractivity contribution in [3.63, 3.8) is 0 Å². The van der Waals surface area contributed by atoms with Gasteiger partial charge >= 0.3 is 6.18 Å². The van der Waals surface area contributed by atoms with Gasteiger partial charge in [-0.05, 0) is 37.1 Å². The Morgan fingerprint density at radius 2 is 1.90 bits per heavy atom. The van der Waals surface area contributed by atoms with Crippen LogP contribution >= 0.6 is 0 Å². The van der Waals surface area contributed by atoms with Crippen molar-refractivity contribution in [2.75, 3.05) is 24.5 Å². The van der Waals surface area contributed by atoms with Crippen LogP contribution in [0.5, 0.6) is 0 Å². The van der Waals surface area contributed by atoms with E-state index in [9.17, 15) is 13.2 Å². The smallest absolute Gasteiger partial charge is 0.370 e. The molecule has 0 aliphatic rings. The number of hydrogen-bond donors (Lipinski definition) is 1. The molecule has 0 aliphatic carbocycles. The molecule has 2 N–H and O–H groups in total. The average molecular weight is 299 g/mol. The highest BCUT2D eigenvalue weighted by atomic mass is 19.4. The summed E-state index contributed by atoms with van der Waals surface area (Å²) in [6, 6.07) is 5.12. The number of nitrogens with two attached hydrogens (primary N) is 1. The van der Waals surface area contributed by atoms with E-state index in [2.05, 4.69) is 0 Å². The third-order valence-corrected chi connectivity index (χ3v) is 3.34. The second-order valence-electron chi connectivity index (χ2n) is 5.72. The molecule has 0 aromatic heterocycles. The Kier molecular flexibility index (Phi) is 5.24. The summed E-state index contributed by atoms with van der Waals surface area (Å²) in [5.74, 6) is 0. The van der Waals surface area contributed by atoms with Crippen molar-refractivity contribution < 1.29 is 13.2 Å². The first kappa shape index (κ1) is 17.3. The molecule has 21 heavy (non-hydrogen) atoms. The number of hydrogen-bond acceptors (Lipinski definition) is 3. The molecule has 1 rings (SSSR count). The van der Waals surface area contributed by atoms with E-state index in [1.54, 1.807) is 0 Å². The molecule has 0 unspecified atom stereocenters. The highest BCUT2D eigenvalue weighted by Gasteiger charge is 2.31. The van der Waals surface area contributed by atoms with Gasteiger partial charge in [-0.25, -0.2) is 0 Å². The van der Waals surface area contributed by atoms with Crippen molar-refractivity contribution >= 4 is 5.69 Å². The van der Waals surface area contributed by atoms with Gasteiger partial charge in [0, 0.05) is 13.1 Å². The maximum absolute atomic E-state index is 12.7. The van der Waals surface area contributed by atoms with Crippen LogP contribution in [0, 0.1) is 16.7 Å². The lowest BCUT2D eigenvalue weighted by molar-refractivity contribution is -0.137. The molecule has 0 bridgehead atoms. The summed E-state index contributed by atoms with van der Waals surface area (Å²) >= 11 is 0. The summed E-state index contributed by atoms with van der Waals surface area (Å²) < 4.78 is 38.1. The Labute approximate surface area is 123 Å². The number of halogens is 3. The first-order valence-corrected chi connectivity index (χ1v) is 6.71. The standard InChI is InChI=1S/C15H20F3N3/c1-4-21(10-14(2,3)9-20)13-6-5-12(15(16,17)18)7-11(13)8-19/h5-7H,4,9-10,20H2,1-3H3. The Balaban J connectivity index is 3.20. The molecule has 116 valence electrons. The number of rotatable bonds is 5. The molecule has 3 nitrogen and oxygen atoms in total. The normalized spacial score (nSPS) is 12.1. The summed E-state index contributed by atoms with van der Waals surface area (Å²) in [6.07, 6.45) is -4.45. The van der Waals surface area contributed by atoms with Crippen molar-refractivity contribution in [1.29, 1.82) is 5.26 Å². The van der Waals surface area contributed by atoms with Gasteiger partial charge in [-0.15, -0.1) is 0 Å². The van der Waals surface area contributed by atoms with Crippen molar-refractivity contribution in [3.8, 4) is 6.07 Å². The van der Waals surface area contributed by atoms with E-state index in [1.807, 2.05) is 31.7 Å². The van der Waals surface area contributed by atoms with Crippen LogP contribution < -0.4 is 10.6 Å². The van der Waals surface area contributed by atoms with Crippen LogP contribution in [0.3, 0.4) is 0 Å². The van der Waals surface area contributed by atoms with E-state index in [0.717, 1.165) is 12.1 Å². The topological polar surface area (TPSA) is 53.0 Å². The lowest BCUT2D eigenvalue weighted by atomic mass is 9.92. The fourth-order valence-electron chi connectivity index (χ4n) is 2.03. The van der Waals surface area contributed by atoms with Gasteiger partial charge in [0.25, 0.3) is 0 Å². The Morgan fingerprint density at radius 3 is 2.33 bits per heavy atom. The second kappa shape index (κ2) is 6.35. The van der Waals surface area contributed by atoms with Gasteiger partial charge in [-0.2, -0.15) is 18.4 Å². The predicted octanol–water partition coefficient (Wildman–Crippen LogP) is 3.39. The molecule has 0 amide bonds. The van der Waals surface area contributed by atoms with Crippen LogP contribution in [0.25, 0.3) is 0 Å². The third kappa shape index (κ3) is 4.36. The van der Waals surface area contributed by atoms with Crippen LogP contribution in [-0.4, -0.2) is 19.6 Å². The summed E-state index contributed by atoms with van der Waals surface area (Å²) in [4.78, 5) is 1.88. The number of alkyl halides is 3. The highest BCUT2D eigenvalue weighted by molar-refractivity contribution is 5.61. The molecule has 0 spiro atoms. The SMILES string of the molecule is CCN(CC(C)(C)CN)c1ccc(C(F)(F)F)cc1C#N. The monoisotopic (exact) mass is 299 g/mol. The molecule has 0 saturated heterocycles. The molecular weight excluding hydrogens is 279 g/mol. The zero-order valence-corrected chi connectivity index (χ0v) is 12.5. The van der Waals surface area contributed by atoms with Gasteiger partial charge in [0.05, 0.1) is 16.8 Å². The largest absolute Gasteiger partial charge is 0.416 e. The fourth-order valence-corrected chi connectivity index (χ4v) is 2.03. The first-order chi connectivity index (χ1) is 9.64. The van der Waals surface area contributed by atoms with E-state index < -0.39 is 11.7 Å². The molecular formula is C15H20F3N3. The van der Waals surface area contributed by atoms with E-state index in [0.29, 0.717) is 25.3 Å². The van der Waals surface area contributed by atoms with Crippen LogP contribution in [0.1, 0.15) is 31.9 Å². The van der Waals surface area contributed by atoms with Crippen molar-refractivity contribution in [3.05, 3.63) is 29.3 Å². The molecule has 0 aliphatic heterocycles. The fraction of sp³-hybridized carbons (Fsp3) is 0.533. The Bertz CT molecular complexity index is 530. The van der Waals surface area contributed by atoms with Crippen molar-refractivity contribution in [2.45, 2.75) is 26.9 Å². The molecule has 0 atom stereocenters. The number of benzene rings is 1.